The van der Waals surface area contributed by atoms with Gasteiger partial charge in [0.2, 0.25) is 0 Å². The molecule has 4 rings (SSSR count). The van der Waals surface area contributed by atoms with E-state index in [9.17, 15) is 0 Å². The van der Waals surface area contributed by atoms with E-state index in [0.29, 0.717) is 6.04 Å². The first-order chi connectivity index (χ1) is 10.2. The third-order valence-electron chi connectivity index (χ3n) is 5.32. The van der Waals surface area contributed by atoms with E-state index in [1.165, 1.54) is 41.3 Å². The van der Waals surface area contributed by atoms with E-state index in [4.69, 9.17) is 4.74 Å². The molecule has 1 N–H and O–H groups in total. The normalized spacial score (nSPS) is 30.5. The number of hydrogen-bond acceptors (Lipinski definition) is 3. The van der Waals surface area contributed by atoms with Crippen molar-refractivity contribution in [2.24, 2.45) is 0 Å². The van der Waals surface area contributed by atoms with Gasteiger partial charge in [-0.15, -0.1) is 0 Å². The van der Waals surface area contributed by atoms with Crippen molar-refractivity contribution in [1.82, 2.24) is 10.2 Å². The van der Waals surface area contributed by atoms with Crippen LogP contribution in [0.2, 0.25) is 0 Å². The second-order valence-electron chi connectivity index (χ2n) is 6.83. The summed E-state index contributed by atoms with van der Waals surface area (Å²) in [6.45, 7) is 1.83. The second-order valence-corrected chi connectivity index (χ2v) is 7.75. The highest BCUT2D eigenvalue weighted by Gasteiger charge is 2.35. The lowest BCUT2D eigenvalue weighted by atomic mass is 9.98. The minimum Gasteiger partial charge on any atom is -0.493 e. The summed E-state index contributed by atoms with van der Waals surface area (Å²) in [4.78, 5) is 2.54. The Morgan fingerprint density at radius 1 is 1.29 bits per heavy atom. The standard InChI is InChI=1S/C17H23BrN2O/c1-20(16-8-14-2-3-15(9-16)19-14)10-12-7-13(18)6-11-4-5-21-17(11)12/h6-7,14-16,19H,2-5,8-10H2,1H3. The summed E-state index contributed by atoms with van der Waals surface area (Å²) < 4.78 is 7.05. The van der Waals surface area contributed by atoms with Crippen LogP contribution in [0.15, 0.2) is 16.6 Å². The van der Waals surface area contributed by atoms with E-state index in [0.717, 1.165) is 37.4 Å². The maximum atomic E-state index is 5.87. The van der Waals surface area contributed by atoms with Gasteiger partial charge in [0.05, 0.1) is 6.61 Å². The molecule has 0 radical (unpaired) electrons. The molecule has 21 heavy (non-hydrogen) atoms. The van der Waals surface area contributed by atoms with Crippen LogP contribution in [0.3, 0.4) is 0 Å². The van der Waals surface area contributed by atoms with Crippen LogP contribution < -0.4 is 10.1 Å². The molecule has 2 atom stereocenters. The van der Waals surface area contributed by atoms with Crippen LogP contribution >= 0.6 is 15.9 Å². The van der Waals surface area contributed by atoms with E-state index >= 15 is 0 Å². The molecule has 2 unspecified atom stereocenters. The Morgan fingerprint density at radius 3 is 2.81 bits per heavy atom. The molecule has 3 aliphatic heterocycles. The quantitative estimate of drug-likeness (QED) is 0.906. The van der Waals surface area contributed by atoms with Crippen molar-refractivity contribution in [3.63, 3.8) is 0 Å². The lowest BCUT2D eigenvalue weighted by Crippen LogP contribution is -2.46. The molecular weight excluding hydrogens is 328 g/mol. The van der Waals surface area contributed by atoms with Gasteiger partial charge in [-0.2, -0.15) is 0 Å². The van der Waals surface area contributed by atoms with Crippen LogP contribution in [-0.4, -0.2) is 36.7 Å². The summed E-state index contributed by atoms with van der Waals surface area (Å²) in [6.07, 6.45) is 6.37. The maximum absolute atomic E-state index is 5.87. The number of rotatable bonds is 3. The second kappa shape index (κ2) is 5.56. The highest BCUT2D eigenvalue weighted by atomic mass is 79.9. The molecule has 0 amide bonds. The number of hydrogen-bond donors (Lipinski definition) is 1. The monoisotopic (exact) mass is 350 g/mol. The molecule has 1 aromatic rings. The number of fused-ring (bicyclic) bond motifs is 3. The lowest BCUT2D eigenvalue weighted by molar-refractivity contribution is 0.164. The number of nitrogens with zero attached hydrogens (tertiary/aromatic N) is 1. The van der Waals surface area contributed by atoms with Crippen LogP contribution in [0, 0.1) is 0 Å². The first kappa shape index (κ1) is 14.0. The summed E-state index contributed by atoms with van der Waals surface area (Å²) in [5, 5.41) is 3.73. The predicted molar refractivity (Wildman–Crippen MR) is 87.8 cm³/mol. The van der Waals surface area contributed by atoms with Crippen molar-refractivity contribution in [2.75, 3.05) is 13.7 Å². The third-order valence-corrected chi connectivity index (χ3v) is 5.77. The fraction of sp³-hybridized carbons (Fsp3) is 0.647. The van der Waals surface area contributed by atoms with Crippen LogP contribution in [0.25, 0.3) is 0 Å². The number of ether oxygens (including phenoxy) is 1. The SMILES string of the molecule is CN(Cc1cc(Br)cc2c1OCC2)C1CC2CCC(C1)N2. The largest absolute Gasteiger partial charge is 0.493 e. The van der Waals surface area contributed by atoms with E-state index in [1.54, 1.807) is 0 Å². The molecule has 0 saturated carbocycles. The zero-order valence-corrected chi connectivity index (χ0v) is 14.2. The minimum atomic E-state index is 0.708. The topological polar surface area (TPSA) is 24.5 Å². The van der Waals surface area contributed by atoms with E-state index in [1.807, 2.05) is 0 Å². The maximum Gasteiger partial charge on any atom is 0.127 e. The molecule has 3 nitrogen and oxygen atoms in total. The Bertz CT molecular complexity index is 536. The van der Waals surface area contributed by atoms with Gasteiger partial charge in [-0.05, 0) is 50.4 Å². The van der Waals surface area contributed by atoms with Crippen molar-refractivity contribution in [2.45, 2.75) is 56.8 Å². The number of nitrogens with one attached hydrogen (secondary N) is 1. The zero-order chi connectivity index (χ0) is 14.4. The number of piperidine rings is 1. The summed E-state index contributed by atoms with van der Waals surface area (Å²) in [7, 11) is 2.28. The van der Waals surface area contributed by atoms with Gasteiger partial charge in [0.15, 0.2) is 0 Å². The summed E-state index contributed by atoms with van der Waals surface area (Å²) in [5.41, 5.74) is 2.70. The van der Waals surface area contributed by atoms with Gasteiger partial charge in [-0.25, -0.2) is 0 Å². The molecule has 4 heteroatoms. The highest BCUT2D eigenvalue weighted by molar-refractivity contribution is 9.10. The van der Waals surface area contributed by atoms with Gasteiger partial charge in [0.25, 0.3) is 0 Å². The van der Waals surface area contributed by atoms with Crippen LogP contribution in [-0.2, 0) is 13.0 Å². The van der Waals surface area contributed by atoms with Crippen molar-refractivity contribution in [3.8, 4) is 5.75 Å². The lowest BCUT2D eigenvalue weighted by Gasteiger charge is -2.35. The van der Waals surface area contributed by atoms with Crippen molar-refractivity contribution >= 4 is 15.9 Å². The molecule has 2 fully saturated rings. The molecule has 2 saturated heterocycles. The summed E-state index contributed by atoms with van der Waals surface area (Å²) in [5.74, 6) is 1.14. The van der Waals surface area contributed by atoms with Gasteiger partial charge in [-0.1, -0.05) is 15.9 Å². The van der Waals surface area contributed by atoms with Gasteiger partial charge >= 0.3 is 0 Å². The number of halogens is 1. The molecule has 3 aliphatic rings. The molecule has 114 valence electrons. The molecule has 1 aromatic carbocycles. The number of benzene rings is 1. The van der Waals surface area contributed by atoms with E-state index in [2.05, 4.69) is 45.3 Å². The first-order valence-electron chi connectivity index (χ1n) is 8.09. The van der Waals surface area contributed by atoms with Crippen LogP contribution in [0.4, 0.5) is 0 Å². The predicted octanol–water partition coefficient (Wildman–Crippen LogP) is 3.10. The minimum absolute atomic E-state index is 0.708. The van der Waals surface area contributed by atoms with Gasteiger partial charge in [0.1, 0.15) is 5.75 Å². The van der Waals surface area contributed by atoms with E-state index in [-0.39, 0.29) is 0 Å². The smallest absolute Gasteiger partial charge is 0.127 e. The van der Waals surface area contributed by atoms with Crippen molar-refractivity contribution in [1.29, 1.82) is 0 Å². The molecule has 0 aromatic heterocycles. The summed E-state index contributed by atoms with van der Waals surface area (Å²) in [6, 6.07) is 6.65. The van der Waals surface area contributed by atoms with Crippen LogP contribution in [0.5, 0.6) is 5.75 Å². The Hall–Kier alpha value is -0.580. The highest BCUT2D eigenvalue weighted by Crippen LogP contribution is 2.35. The fourth-order valence-corrected chi connectivity index (χ4v) is 4.80. The zero-order valence-electron chi connectivity index (χ0n) is 12.6. The van der Waals surface area contributed by atoms with E-state index < -0.39 is 0 Å². The Labute approximate surface area is 135 Å². The fourth-order valence-electron chi connectivity index (χ4n) is 4.25. The third kappa shape index (κ3) is 2.73. The Kier molecular flexibility index (Phi) is 3.72. The molecule has 2 bridgehead atoms. The van der Waals surface area contributed by atoms with Gasteiger partial charge in [0, 0.05) is 41.1 Å². The molecule has 3 heterocycles. The molecule has 0 spiro atoms. The average molecular weight is 351 g/mol. The molecule has 0 aliphatic carbocycles. The van der Waals surface area contributed by atoms with Crippen molar-refractivity contribution < 1.29 is 4.74 Å². The average Bonchev–Trinajstić information content (AvgIpc) is 3.05. The molecular formula is C17H23BrN2O. The van der Waals surface area contributed by atoms with Crippen molar-refractivity contribution in [3.05, 3.63) is 27.7 Å². The Balaban J connectivity index is 1.51. The van der Waals surface area contributed by atoms with Gasteiger partial charge < -0.3 is 10.1 Å². The Morgan fingerprint density at radius 2 is 2.05 bits per heavy atom. The van der Waals surface area contributed by atoms with Gasteiger partial charge in [-0.3, -0.25) is 4.90 Å². The summed E-state index contributed by atoms with van der Waals surface area (Å²) >= 11 is 3.65. The van der Waals surface area contributed by atoms with Crippen LogP contribution in [0.1, 0.15) is 36.8 Å². The first-order valence-corrected chi connectivity index (χ1v) is 8.89.